The standard InChI is InChI=1S/C16H17BrFNO/c1-9-8-13(17)10(2)14(16(9)20-3)15(19)11-4-6-12(18)7-5-11/h4-8,15H,19H2,1-3H3. The molecule has 4 heteroatoms. The molecule has 0 radical (unpaired) electrons. The molecule has 2 aromatic carbocycles. The zero-order chi connectivity index (χ0) is 14.9. The normalized spacial score (nSPS) is 12.3. The minimum Gasteiger partial charge on any atom is -0.496 e. The molecule has 0 fully saturated rings. The van der Waals surface area contributed by atoms with Crippen molar-refractivity contribution < 1.29 is 9.13 Å². The summed E-state index contributed by atoms with van der Waals surface area (Å²) in [6.45, 7) is 3.97. The molecule has 0 saturated heterocycles. The number of rotatable bonds is 3. The highest BCUT2D eigenvalue weighted by atomic mass is 79.9. The zero-order valence-corrected chi connectivity index (χ0v) is 13.3. The Hall–Kier alpha value is -1.39. The van der Waals surface area contributed by atoms with Crippen LogP contribution in [0.4, 0.5) is 4.39 Å². The maximum absolute atomic E-state index is 13.0. The maximum atomic E-state index is 13.0. The van der Waals surface area contributed by atoms with Crippen molar-refractivity contribution in [1.29, 1.82) is 0 Å². The van der Waals surface area contributed by atoms with E-state index in [1.54, 1.807) is 19.2 Å². The molecule has 0 aliphatic carbocycles. The molecule has 0 spiro atoms. The van der Waals surface area contributed by atoms with Gasteiger partial charge in [-0.2, -0.15) is 0 Å². The van der Waals surface area contributed by atoms with E-state index >= 15 is 0 Å². The molecular weight excluding hydrogens is 321 g/mol. The van der Waals surface area contributed by atoms with Crippen LogP contribution in [-0.2, 0) is 0 Å². The van der Waals surface area contributed by atoms with Gasteiger partial charge in [0.2, 0.25) is 0 Å². The van der Waals surface area contributed by atoms with E-state index in [-0.39, 0.29) is 11.9 Å². The fourth-order valence-electron chi connectivity index (χ4n) is 2.36. The first kappa shape index (κ1) is 15.0. The van der Waals surface area contributed by atoms with Gasteiger partial charge in [0, 0.05) is 10.0 Å². The molecule has 20 heavy (non-hydrogen) atoms. The Labute approximate surface area is 126 Å². The van der Waals surface area contributed by atoms with Crippen LogP contribution in [0.15, 0.2) is 34.8 Å². The summed E-state index contributed by atoms with van der Waals surface area (Å²) < 4.78 is 19.5. The van der Waals surface area contributed by atoms with E-state index in [0.717, 1.165) is 32.5 Å². The Morgan fingerprint density at radius 3 is 2.35 bits per heavy atom. The molecule has 2 aromatic rings. The van der Waals surface area contributed by atoms with Gasteiger partial charge >= 0.3 is 0 Å². The number of hydrogen-bond donors (Lipinski definition) is 1. The van der Waals surface area contributed by atoms with Gasteiger partial charge in [0.05, 0.1) is 13.2 Å². The van der Waals surface area contributed by atoms with Crippen LogP contribution in [0.3, 0.4) is 0 Å². The number of aryl methyl sites for hydroxylation is 1. The molecule has 0 aliphatic heterocycles. The summed E-state index contributed by atoms with van der Waals surface area (Å²) in [7, 11) is 1.64. The average Bonchev–Trinajstić information content (AvgIpc) is 2.42. The highest BCUT2D eigenvalue weighted by Gasteiger charge is 2.20. The molecule has 1 unspecified atom stereocenters. The fraction of sp³-hybridized carbons (Fsp3) is 0.250. The van der Waals surface area contributed by atoms with Gasteiger partial charge in [-0.25, -0.2) is 4.39 Å². The summed E-state index contributed by atoms with van der Waals surface area (Å²) in [5.41, 5.74) is 10.2. The molecule has 1 atom stereocenters. The van der Waals surface area contributed by atoms with Crippen LogP contribution in [0.1, 0.15) is 28.3 Å². The molecule has 0 heterocycles. The lowest BCUT2D eigenvalue weighted by Gasteiger charge is -2.21. The van der Waals surface area contributed by atoms with Gasteiger partial charge in [0.25, 0.3) is 0 Å². The predicted octanol–water partition coefficient (Wildman–Crippen LogP) is 4.26. The van der Waals surface area contributed by atoms with E-state index in [9.17, 15) is 4.39 Å². The third-order valence-electron chi connectivity index (χ3n) is 3.45. The summed E-state index contributed by atoms with van der Waals surface area (Å²) in [5, 5.41) is 0. The smallest absolute Gasteiger partial charge is 0.127 e. The molecule has 0 aliphatic rings. The van der Waals surface area contributed by atoms with Crippen LogP contribution in [0.5, 0.6) is 5.75 Å². The third-order valence-corrected chi connectivity index (χ3v) is 4.28. The van der Waals surface area contributed by atoms with E-state index < -0.39 is 0 Å². The number of hydrogen-bond acceptors (Lipinski definition) is 2. The molecule has 0 aromatic heterocycles. The second-order valence-electron chi connectivity index (χ2n) is 4.78. The van der Waals surface area contributed by atoms with Gasteiger partial charge in [-0.3, -0.25) is 0 Å². The Morgan fingerprint density at radius 2 is 1.80 bits per heavy atom. The van der Waals surface area contributed by atoms with Crippen molar-refractivity contribution in [3.05, 3.63) is 62.9 Å². The van der Waals surface area contributed by atoms with E-state index in [0.29, 0.717) is 0 Å². The average molecular weight is 338 g/mol. The summed E-state index contributed by atoms with van der Waals surface area (Å²) in [6, 6.07) is 7.89. The Morgan fingerprint density at radius 1 is 1.20 bits per heavy atom. The first-order valence-corrected chi connectivity index (χ1v) is 7.09. The lowest BCUT2D eigenvalue weighted by molar-refractivity contribution is 0.404. The van der Waals surface area contributed by atoms with Crippen LogP contribution in [-0.4, -0.2) is 7.11 Å². The number of halogens is 2. The van der Waals surface area contributed by atoms with Gasteiger partial charge in [-0.15, -0.1) is 0 Å². The Bertz CT molecular complexity index is 625. The predicted molar refractivity (Wildman–Crippen MR) is 82.6 cm³/mol. The second-order valence-corrected chi connectivity index (χ2v) is 5.63. The van der Waals surface area contributed by atoms with Crippen molar-refractivity contribution in [2.75, 3.05) is 7.11 Å². The molecule has 106 valence electrons. The van der Waals surface area contributed by atoms with Crippen molar-refractivity contribution in [2.45, 2.75) is 19.9 Å². The monoisotopic (exact) mass is 337 g/mol. The first-order chi connectivity index (χ1) is 9.45. The molecule has 0 bridgehead atoms. The number of benzene rings is 2. The topological polar surface area (TPSA) is 35.2 Å². The zero-order valence-electron chi connectivity index (χ0n) is 11.7. The van der Waals surface area contributed by atoms with Gasteiger partial charge < -0.3 is 10.5 Å². The largest absolute Gasteiger partial charge is 0.496 e. The van der Waals surface area contributed by atoms with Crippen LogP contribution in [0.25, 0.3) is 0 Å². The summed E-state index contributed by atoms with van der Waals surface area (Å²) >= 11 is 3.54. The van der Waals surface area contributed by atoms with Crippen LogP contribution in [0.2, 0.25) is 0 Å². The summed E-state index contributed by atoms with van der Waals surface area (Å²) in [6.07, 6.45) is 0. The molecule has 2 N–H and O–H groups in total. The third kappa shape index (κ3) is 2.72. The molecular formula is C16H17BrFNO. The van der Waals surface area contributed by atoms with Crippen LogP contribution >= 0.6 is 15.9 Å². The summed E-state index contributed by atoms with van der Waals surface area (Å²) in [4.78, 5) is 0. The minimum absolute atomic E-state index is 0.268. The maximum Gasteiger partial charge on any atom is 0.127 e. The molecule has 2 nitrogen and oxygen atoms in total. The molecule has 0 saturated carbocycles. The molecule has 0 amide bonds. The lowest BCUT2D eigenvalue weighted by Crippen LogP contribution is -2.15. The number of methoxy groups -OCH3 is 1. The van der Waals surface area contributed by atoms with Gasteiger partial charge in [-0.1, -0.05) is 28.1 Å². The summed E-state index contributed by atoms with van der Waals surface area (Å²) in [5.74, 6) is 0.512. The van der Waals surface area contributed by atoms with Crippen molar-refractivity contribution >= 4 is 15.9 Å². The SMILES string of the molecule is COc1c(C)cc(Br)c(C)c1C(N)c1ccc(F)cc1. The fourth-order valence-corrected chi connectivity index (χ4v) is 2.91. The van der Waals surface area contributed by atoms with Crippen LogP contribution in [0, 0.1) is 19.7 Å². The van der Waals surface area contributed by atoms with Crippen molar-refractivity contribution in [3.63, 3.8) is 0 Å². The van der Waals surface area contributed by atoms with E-state index in [1.807, 2.05) is 19.9 Å². The van der Waals surface area contributed by atoms with E-state index in [4.69, 9.17) is 10.5 Å². The second kappa shape index (κ2) is 5.94. The highest BCUT2D eigenvalue weighted by Crippen LogP contribution is 2.37. The van der Waals surface area contributed by atoms with Gasteiger partial charge in [0.1, 0.15) is 11.6 Å². The number of nitrogens with two attached hydrogens (primary N) is 1. The molecule has 2 rings (SSSR count). The van der Waals surface area contributed by atoms with Gasteiger partial charge in [-0.05, 0) is 48.7 Å². The van der Waals surface area contributed by atoms with Gasteiger partial charge in [0.15, 0.2) is 0 Å². The van der Waals surface area contributed by atoms with E-state index in [1.165, 1.54) is 12.1 Å². The van der Waals surface area contributed by atoms with Crippen molar-refractivity contribution in [2.24, 2.45) is 5.73 Å². The quantitative estimate of drug-likeness (QED) is 0.907. The number of ether oxygens (including phenoxy) is 1. The Balaban J connectivity index is 2.58. The Kier molecular flexibility index (Phi) is 4.45. The van der Waals surface area contributed by atoms with Crippen molar-refractivity contribution in [1.82, 2.24) is 0 Å². The first-order valence-electron chi connectivity index (χ1n) is 6.30. The van der Waals surface area contributed by atoms with E-state index in [2.05, 4.69) is 15.9 Å². The van der Waals surface area contributed by atoms with Crippen LogP contribution < -0.4 is 10.5 Å². The highest BCUT2D eigenvalue weighted by molar-refractivity contribution is 9.10. The minimum atomic E-state index is -0.359. The van der Waals surface area contributed by atoms with Crippen molar-refractivity contribution in [3.8, 4) is 5.75 Å². The lowest BCUT2D eigenvalue weighted by atomic mass is 9.93.